The summed E-state index contributed by atoms with van der Waals surface area (Å²) >= 11 is 0. The van der Waals surface area contributed by atoms with Crippen LogP contribution in [0.3, 0.4) is 0 Å². The minimum Gasteiger partial charge on any atom is -0.465 e. The van der Waals surface area contributed by atoms with Gasteiger partial charge in [-0.1, -0.05) is 0 Å². The van der Waals surface area contributed by atoms with E-state index in [0.717, 1.165) is 0 Å². The molecule has 0 radical (unpaired) electrons. The van der Waals surface area contributed by atoms with E-state index in [1.807, 2.05) is 0 Å². The van der Waals surface area contributed by atoms with Gasteiger partial charge in [-0.3, -0.25) is 0 Å². The van der Waals surface area contributed by atoms with E-state index >= 15 is 0 Å². The highest BCUT2D eigenvalue weighted by molar-refractivity contribution is 5.65. The van der Waals surface area contributed by atoms with E-state index in [0.29, 0.717) is 19.9 Å². The first-order valence-electron chi connectivity index (χ1n) is 3.48. The van der Waals surface area contributed by atoms with Gasteiger partial charge in [0.2, 0.25) is 0 Å². The van der Waals surface area contributed by atoms with E-state index < -0.39 is 6.09 Å². The van der Waals surface area contributed by atoms with Gasteiger partial charge in [-0.2, -0.15) is 0 Å². The summed E-state index contributed by atoms with van der Waals surface area (Å²) in [6.07, 6.45) is -0.969. The number of fused-ring (bicyclic) bond motifs is 1. The van der Waals surface area contributed by atoms with Crippen LogP contribution in [0.2, 0.25) is 0 Å². The Morgan fingerprint density at radius 3 is 2.36 bits per heavy atom. The van der Waals surface area contributed by atoms with E-state index in [1.165, 1.54) is 4.90 Å². The second-order valence-electron chi connectivity index (χ2n) is 2.72. The SMILES string of the molecule is O=C(O)N1CC2OCOC2C1. The summed E-state index contributed by atoms with van der Waals surface area (Å²) in [5.74, 6) is 0. The maximum Gasteiger partial charge on any atom is 0.407 e. The minimum atomic E-state index is -0.897. The highest BCUT2D eigenvalue weighted by atomic mass is 16.7. The summed E-state index contributed by atoms with van der Waals surface area (Å²) in [5, 5.41) is 8.58. The predicted octanol–water partition coefficient (Wildman–Crippen LogP) is -0.278. The maximum atomic E-state index is 10.4. The standard InChI is InChI=1S/C6H9NO4/c8-6(9)7-1-4-5(2-7)11-3-10-4/h4-5H,1-3H2,(H,8,9). The Morgan fingerprint density at radius 2 is 1.91 bits per heavy atom. The van der Waals surface area contributed by atoms with Gasteiger partial charge >= 0.3 is 6.09 Å². The van der Waals surface area contributed by atoms with Gasteiger partial charge in [0.15, 0.2) is 0 Å². The summed E-state index contributed by atoms with van der Waals surface area (Å²) in [4.78, 5) is 11.8. The highest BCUT2D eigenvalue weighted by Crippen LogP contribution is 2.21. The lowest BCUT2D eigenvalue weighted by atomic mass is 10.3. The molecule has 0 saturated carbocycles. The van der Waals surface area contributed by atoms with Crippen molar-refractivity contribution in [3.63, 3.8) is 0 Å². The minimum absolute atomic E-state index is 0.0360. The van der Waals surface area contributed by atoms with Crippen molar-refractivity contribution < 1.29 is 19.4 Å². The van der Waals surface area contributed by atoms with Gasteiger partial charge in [-0.25, -0.2) is 4.79 Å². The number of carbonyl (C=O) groups is 1. The summed E-state index contributed by atoms with van der Waals surface area (Å²) in [6.45, 7) is 1.20. The lowest BCUT2D eigenvalue weighted by molar-refractivity contribution is 0.0166. The zero-order chi connectivity index (χ0) is 7.84. The number of amides is 1. The second-order valence-corrected chi connectivity index (χ2v) is 2.72. The second kappa shape index (κ2) is 2.35. The molecular weight excluding hydrogens is 150 g/mol. The fourth-order valence-corrected chi connectivity index (χ4v) is 1.43. The lowest BCUT2D eigenvalue weighted by Crippen LogP contribution is -2.29. The van der Waals surface area contributed by atoms with E-state index in [2.05, 4.69) is 0 Å². The molecule has 2 fully saturated rings. The Morgan fingerprint density at radius 1 is 1.36 bits per heavy atom. The van der Waals surface area contributed by atoms with Gasteiger partial charge in [0.25, 0.3) is 0 Å². The van der Waals surface area contributed by atoms with Crippen molar-refractivity contribution in [1.29, 1.82) is 0 Å². The van der Waals surface area contributed by atoms with Gasteiger partial charge in [0.05, 0.1) is 13.1 Å². The molecule has 5 nitrogen and oxygen atoms in total. The van der Waals surface area contributed by atoms with E-state index in [-0.39, 0.29) is 12.2 Å². The number of hydrogen-bond acceptors (Lipinski definition) is 3. The summed E-state index contributed by atoms with van der Waals surface area (Å²) in [5.41, 5.74) is 0. The molecular formula is C6H9NO4. The molecule has 5 heteroatoms. The monoisotopic (exact) mass is 159 g/mol. The summed E-state index contributed by atoms with van der Waals surface area (Å²) in [7, 11) is 0. The maximum absolute atomic E-state index is 10.4. The first kappa shape index (κ1) is 6.87. The van der Waals surface area contributed by atoms with Crippen LogP contribution in [0, 0.1) is 0 Å². The van der Waals surface area contributed by atoms with Gasteiger partial charge in [-0.15, -0.1) is 0 Å². The first-order valence-corrected chi connectivity index (χ1v) is 3.48. The molecule has 2 aliphatic heterocycles. The summed E-state index contributed by atoms with van der Waals surface area (Å²) < 4.78 is 10.3. The normalized spacial score (nSPS) is 35.8. The molecule has 0 aromatic carbocycles. The molecule has 0 aliphatic carbocycles. The van der Waals surface area contributed by atoms with Crippen LogP contribution in [0.4, 0.5) is 4.79 Å². The smallest absolute Gasteiger partial charge is 0.407 e. The largest absolute Gasteiger partial charge is 0.465 e. The molecule has 2 saturated heterocycles. The Kier molecular flexibility index (Phi) is 1.47. The summed E-state index contributed by atoms with van der Waals surface area (Å²) in [6, 6.07) is 0. The fourth-order valence-electron chi connectivity index (χ4n) is 1.43. The van der Waals surface area contributed by atoms with Gasteiger partial charge in [0.1, 0.15) is 19.0 Å². The number of rotatable bonds is 0. The van der Waals surface area contributed by atoms with E-state index in [9.17, 15) is 4.79 Å². The molecule has 2 aliphatic rings. The Bertz CT molecular complexity index is 171. The molecule has 2 rings (SSSR count). The van der Waals surface area contributed by atoms with E-state index in [4.69, 9.17) is 14.6 Å². The average Bonchev–Trinajstić information content (AvgIpc) is 2.40. The van der Waals surface area contributed by atoms with Gasteiger partial charge in [0, 0.05) is 0 Å². The van der Waals surface area contributed by atoms with Gasteiger partial charge < -0.3 is 19.5 Å². The van der Waals surface area contributed by atoms with Crippen LogP contribution in [0.15, 0.2) is 0 Å². The highest BCUT2D eigenvalue weighted by Gasteiger charge is 2.40. The number of ether oxygens (including phenoxy) is 2. The van der Waals surface area contributed by atoms with Crippen LogP contribution in [0.25, 0.3) is 0 Å². The molecule has 62 valence electrons. The van der Waals surface area contributed by atoms with Crippen molar-refractivity contribution in [2.24, 2.45) is 0 Å². The van der Waals surface area contributed by atoms with Crippen LogP contribution in [-0.2, 0) is 9.47 Å². The van der Waals surface area contributed by atoms with Crippen molar-refractivity contribution >= 4 is 6.09 Å². The quantitative estimate of drug-likeness (QED) is 0.528. The molecule has 0 spiro atoms. The molecule has 2 unspecified atom stereocenters. The molecule has 0 aromatic rings. The number of hydrogen-bond donors (Lipinski definition) is 1. The topological polar surface area (TPSA) is 59.0 Å². The van der Waals surface area contributed by atoms with Gasteiger partial charge in [-0.05, 0) is 0 Å². The number of nitrogens with zero attached hydrogens (tertiary/aromatic N) is 1. The Balaban J connectivity index is 1.99. The van der Waals surface area contributed by atoms with Crippen LogP contribution in [0.1, 0.15) is 0 Å². The molecule has 11 heavy (non-hydrogen) atoms. The van der Waals surface area contributed by atoms with Crippen molar-refractivity contribution in [3.8, 4) is 0 Å². The molecule has 0 bridgehead atoms. The Labute approximate surface area is 63.5 Å². The molecule has 0 aromatic heterocycles. The van der Waals surface area contributed by atoms with Crippen molar-refractivity contribution in [1.82, 2.24) is 4.90 Å². The van der Waals surface area contributed by atoms with Crippen LogP contribution in [-0.4, -0.2) is 48.2 Å². The van der Waals surface area contributed by atoms with Crippen LogP contribution in [0.5, 0.6) is 0 Å². The van der Waals surface area contributed by atoms with Crippen LogP contribution < -0.4 is 0 Å². The first-order chi connectivity index (χ1) is 5.27. The average molecular weight is 159 g/mol. The van der Waals surface area contributed by atoms with E-state index in [1.54, 1.807) is 0 Å². The molecule has 1 amide bonds. The fraction of sp³-hybridized carbons (Fsp3) is 0.833. The molecule has 2 atom stereocenters. The van der Waals surface area contributed by atoms with Crippen molar-refractivity contribution in [2.75, 3.05) is 19.9 Å². The lowest BCUT2D eigenvalue weighted by Gasteiger charge is -2.11. The molecule has 2 heterocycles. The molecule has 1 N–H and O–H groups in total. The van der Waals surface area contributed by atoms with Crippen molar-refractivity contribution in [2.45, 2.75) is 12.2 Å². The zero-order valence-electron chi connectivity index (χ0n) is 5.90. The number of likely N-dealkylation sites (tertiary alicyclic amines) is 1. The predicted molar refractivity (Wildman–Crippen MR) is 34.2 cm³/mol. The Hall–Kier alpha value is -0.810. The third-order valence-electron chi connectivity index (χ3n) is 2.05. The van der Waals surface area contributed by atoms with Crippen LogP contribution >= 0.6 is 0 Å². The number of carboxylic acid groups (broad SMARTS) is 1. The van der Waals surface area contributed by atoms with Crippen molar-refractivity contribution in [3.05, 3.63) is 0 Å². The third-order valence-corrected chi connectivity index (χ3v) is 2.05. The third kappa shape index (κ3) is 1.06. The zero-order valence-corrected chi connectivity index (χ0v) is 5.90.